The van der Waals surface area contributed by atoms with Gasteiger partial charge in [-0.25, -0.2) is 4.39 Å². The normalized spacial score (nSPS) is 34.6. The molecule has 0 aromatic heterocycles. The van der Waals surface area contributed by atoms with Crippen molar-refractivity contribution in [2.45, 2.75) is 89.9 Å². The smallest absolute Gasteiger partial charge is 0.123 e. The molecule has 4 unspecified atom stereocenters. The Balaban J connectivity index is 1.19. The van der Waals surface area contributed by atoms with Crippen molar-refractivity contribution >= 4 is 10.8 Å². The minimum absolute atomic E-state index is 0.133. The Labute approximate surface area is 182 Å². The van der Waals surface area contributed by atoms with Crippen LogP contribution in [0.5, 0.6) is 0 Å². The molecule has 1 heteroatoms. The van der Waals surface area contributed by atoms with Gasteiger partial charge in [-0.05, 0) is 115 Å². The second-order valence-corrected chi connectivity index (χ2v) is 10.9. The molecule has 3 fully saturated rings. The van der Waals surface area contributed by atoms with Gasteiger partial charge in [-0.15, -0.1) is 0 Å². The highest BCUT2D eigenvalue weighted by molar-refractivity contribution is 5.83. The highest BCUT2D eigenvalue weighted by Crippen LogP contribution is 2.51. The van der Waals surface area contributed by atoms with Gasteiger partial charge < -0.3 is 0 Å². The molecular formula is C29H39F. The van der Waals surface area contributed by atoms with Gasteiger partial charge in [-0.3, -0.25) is 0 Å². The number of rotatable bonds is 4. The Morgan fingerprint density at radius 3 is 2.13 bits per heavy atom. The lowest BCUT2D eigenvalue weighted by Gasteiger charge is -2.45. The minimum Gasteiger partial charge on any atom is -0.207 e. The molecule has 5 rings (SSSR count). The van der Waals surface area contributed by atoms with Gasteiger partial charge in [-0.2, -0.15) is 0 Å². The predicted octanol–water partition coefficient (Wildman–Crippen LogP) is 8.89. The quantitative estimate of drug-likeness (QED) is 0.475. The molecule has 2 aromatic rings. The van der Waals surface area contributed by atoms with Crippen LogP contribution in [0, 0.1) is 35.4 Å². The molecule has 3 aliphatic carbocycles. The van der Waals surface area contributed by atoms with Crippen molar-refractivity contribution < 1.29 is 4.39 Å². The van der Waals surface area contributed by atoms with E-state index in [4.69, 9.17) is 0 Å². The van der Waals surface area contributed by atoms with Gasteiger partial charge in [0.05, 0.1) is 0 Å². The lowest BCUT2D eigenvalue weighted by molar-refractivity contribution is 0.0712. The third-order valence-electron chi connectivity index (χ3n) is 9.21. The summed E-state index contributed by atoms with van der Waals surface area (Å²) in [5.41, 5.74) is 1.49. The van der Waals surface area contributed by atoms with E-state index < -0.39 is 0 Å². The summed E-state index contributed by atoms with van der Waals surface area (Å²) in [6.45, 7) is 2.35. The third-order valence-corrected chi connectivity index (χ3v) is 9.21. The SMILES string of the molecule is CCCC1CCC(C2CCC3CC(c4ccc5cc(F)ccc5c4)CCC3C2)CC1. The molecule has 0 spiro atoms. The number of hydrogen-bond acceptors (Lipinski definition) is 0. The maximum Gasteiger partial charge on any atom is 0.123 e. The second-order valence-electron chi connectivity index (χ2n) is 10.9. The van der Waals surface area contributed by atoms with Crippen LogP contribution in [0.1, 0.15) is 95.5 Å². The van der Waals surface area contributed by atoms with E-state index in [1.54, 1.807) is 12.1 Å². The van der Waals surface area contributed by atoms with Gasteiger partial charge in [0.25, 0.3) is 0 Å². The molecule has 0 nitrogen and oxygen atoms in total. The van der Waals surface area contributed by atoms with Gasteiger partial charge in [0.2, 0.25) is 0 Å². The molecule has 0 N–H and O–H groups in total. The van der Waals surface area contributed by atoms with Gasteiger partial charge in [0.15, 0.2) is 0 Å². The van der Waals surface area contributed by atoms with Gasteiger partial charge in [0.1, 0.15) is 5.82 Å². The summed E-state index contributed by atoms with van der Waals surface area (Å²) in [5, 5.41) is 2.22. The first-order valence-electron chi connectivity index (χ1n) is 12.9. The van der Waals surface area contributed by atoms with E-state index in [1.165, 1.54) is 88.0 Å². The fourth-order valence-electron chi connectivity index (χ4n) is 7.50. The van der Waals surface area contributed by atoms with Crippen molar-refractivity contribution in [3.8, 4) is 0 Å². The van der Waals surface area contributed by atoms with E-state index in [0.29, 0.717) is 5.92 Å². The van der Waals surface area contributed by atoms with E-state index in [9.17, 15) is 4.39 Å². The lowest BCUT2D eigenvalue weighted by Crippen LogP contribution is -2.34. The summed E-state index contributed by atoms with van der Waals surface area (Å²) in [5.74, 6) is 5.62. The Bertz CT molecular complexity index is 847. The molecule has 2 aromatic carbocycles. The number of benzene rings is 2. The van der Waals surface area contributed by atoms with Crippen LogP contribution in [0.3, 0.4) is 0 Å². The summed E-state index contributed by atoms with van der Waals surface area (Å²) in [4.78, 5) is 0. The standard InChI is InChI=1S/C29H39F/c1-2-3-20-4-6-21(7-5-20)22-8-9-24-17-25(11-10-23(24)16-22)26-12-13-28-19-29(30)15-14-27(28)18-26/h12-15,18-25H,2-11,16-17H2,1H3. The average molecular weight is 407 g/mol. The zero-order chi connectivity index (χ0) is 20.5. The Kier molecular flexibility index (Phi) is 6.17. The fourth-order valence-corrected chi connectivity index (χ4v) is 7.50. The summed E-state index contributed by atoms with van der Waals surface area (Å²) in [6.07, 6.45) is 17.6. The molecule has 30 heavy (non-hydrogen) atoms. The number of fused-ring (bicyclic) bond motifs is 2. The lowest BCUT2D eigenvalue weighted by atomic mass is 9.60. The van der Waals surface area contributed by atoms with Gasteiger partial charge in [0, 0.05) is 0 Å². The third kappa shape index (κ3) is 4.32. The van der Waals surface area contributed by atoms with E-state index in [0.717, 1.165) is 35.0 Å². The second kappa shape index (κ2) is 9.01. The van der Waals surface area contributed by atoms with Crippen molar-refractivity contribution in [1.29, 1.82) is 0 Å². The topological polar surface area (TPSA) is 0 Å². The molecule has 3 saturated carbocycles. The monoisotopic (exact) mass is 406 g/mol. The fraction of sp³-hybridized carbons (Fsp3) is 0.655. The Morgan fingerprint density at radius 1 is 0.700 bits per heavy atom. The summed E-state index contributed by atoms with van der Waals surface area (Å²) in [6, 6.07) is 11.9. The Morgan fingerprint density at radius 2 is 1.33 bits per heavy atom. The molecule has 3 aliphatic rings. The average Bonchev–Trinajstić information content (AvgIpc) is 2.79. The summed E-state index contributed by atoms with van der Waals surface area (Å²) >= 11 is 0. The number of hydrogen-bond donors (Lipinski definition) is 0. The molecule has 0 saturated heterocycles. The van der Waals surface area contributed by atoms with Crippen LogP contribution in [0.25, 0.3) is 10.8 Å². The van der Waals surface area contributed by atoms with E-state index in [2.05, 4.69) is 25.1 Å². The van der Waals surface area contributed by atoms with Crippen molar-refractivity contribution in [3.63, 3.8) is 0 Å². The zero-order valence-corrected chi connectivity index (χ0v) is 18.8. The predicted molar refractivity (Wildman–Crippen MR) is 125 cm³/mol. The van der Waals surface area contributed by atoms with E-state index in [1.807, 2.05) is 6.07 Å². The molecule has 0 aliphatic heterocycles. The summed E-state index contributed by atoms with van der Waals surface area (Å²) in [7, 11) is 0. The molecule has 0 radical (unpaired) electrons. The van der Waals surface area contributed by atoms with Crippen LogP contribution < -0.4 is 0 Å². The van der Waals surface area contributed by atoms with Crippen molar-refractivity contribution in [2.75, 3.05) is 0 Å². The van der Waals surface area contributed by atoms with Crippen LogP contribution in [-0.4, -0.2) is 0 Å². The van der Waals surface area contributed by atoms with E-state index >= 15 is 0 Å². The largest absolute Gasteiger partial charge is 0.207 e. The van der Waals surface area contributed by atoms with Gasteiger partial charge in [-0.1, -0.05) is 56.9 Å². The molecule has 162 valence electrons. The zero-order valence-electron chi connectivity index (χ0n) is 18.8. The first-order valence-corrected chi connectivity index (χ1v) is 12.9. The first kappa shape index (κ1) is 20.5. The summed E-state index contributed by atoms with van der Waals surface area (Å²) < 4.78 is 13.5. The van der Waals surface area contributed by atoms with Crippen LogP contribution in [0.2, 0.25) is 0 Å². The molecule has 0 amide bonds. The molecule has 0 heterocycles. The maximum absolute atomic E-state index is 13.5. The van der Waals surface area contributed by atoms with Crippen LogP contribution >= 0.6 is 0 Å². The number of halogens is 1. The van der Waals surface area contributed by atoms with E-state index in [-0.39, 0.29) is 5.82 Å². The van der Waals surface area contributed by atoms with Crippen LogP contribution in [-0.2, 0) is 0 Å². The van der Waals surface area contributed by atoms with Crippen molar-refractivity contribution in [1.82, 2.24) is 0 Å². The highest BCUT2D eigenvalue weighted by atomic mass is 19.1. The highest BCUT2D eigenvalue weighted by Gasteiger charge is 2.39. The Hall–Kier alpha value is -1.37. The van der Waals surface area contributed by atoms with Crippen LogP contribution in [0.4, 0.5) is 4.39 Å². The minimum atomic E-state index is -0.133. The molecule has 0 bridgehead atoms. The maximum atomic E-state index is 13.5. The molecular weight excluding hydrogens is 367 g/mol. The van der Waals surface area contributed by atoms with Gasteiger partial charge >= 0.3 is 0 Å². The first-order chi connectivity index (χ1) is 14.7. The van der Waals surface area contributed by atoms with Crippen molar-refractivity contribution in [2.24, 2.45) is 29.6 Å². The van der Waals surface area contributed by atoms with Crippen LogP contribution in [0.15, 0.2) is 36.4 Å². The molecule has 4 atom stereocenters. The van der Waals surface area contributed by atoms with Crippen molar-refractivity contribution in [3.05, 3.63) is 47.8 Å².